The molecule has 0 saturated heterocycles. The van der Waals surface area contributed by atoms with Crippen LogP contribution in [0.25, 0.3) is 10.8 Å². The lowest BCUT2D eigenvalue weighted by atomic mass is 10.1. The van der Waals surface area contributed by atoms with Gasteiger partial charge in [-0.3, -0.25) is 9.78 Å². The summed E-state index contributed by atoms with van der Waals surface area (Å²) in [4.78, 5) is 16.1. The maximum atomic E-state index is 14.1. The number of fused-ring (bicyclic) bond motifs is 1. The van der Waals surface area contributed by atoms with Crippen molar-refractivity contribution >= 4 is 32.2 Å². The fourth-order valence-corrected chi connectivity index (χ4v) is 3.97. The number of benzene rings is 3. The maximum Gasteiger partial charge on any atom is 0.255 e. The van der Waals surface area contributed by atoms with Crippen LogP contribution in [-0.2, 0) is 16.4 Å². The topological polar surface area (TPSA) is 106 Å². The Morgan fingerprint density at radius 3 is 2.55 bits per heavy atom. The van der Waals surface area contributed by atoms with Crippen molar-refractivity contribution in [1.29, 1.82) is 0 Å². The maximum absolute atomic E-state index is 14.1. The van der Waals surface area contributed by atoms with Gasteiger partial charge in [-0.05, 0) is 53.4 Å². The van der Waals surface area contributed by atoms with Crippen LogP contribution in [0.2, 0.25) is 0 Å². The number of amides is 1. The van der Waals surface area contributed by atoms with E-state index in [1.807, 2.05) is 24.3 Å². The number of carbonyl (C=O) groups excluding carboxylic acids is 1. The van der Waals surface area contributed by atoms with Gasteiger partial charge >= 0.3 is 0 Å². The number of ether oxygens (including phenoxy) is 1. The zero-order valence-corrected chi connectivity index (χ0v) is 18.3. The fourth-order valence-electron chi connectivity index (χ4n) is 3.20. The van der Waals surface area contributed by atoms with E-state index in [1.165, 1.54) is 0 Å². The van der Waals surface area contributed by atoms with E-state index in [9.17, 15) is 22.7 Å². The van der Waals surface area contributed by atoms with Gasteiger partial charge in [0.1, 0.15) is 28.8 Å². The normalized spacial score (nSPS) is 11.3. The minimum Gasteiger partial charge on any atom is -0.506 e. The van der Waals surface area contributed by atoms with Crippen molar-refractivity contribution in [2.75, 3.05) is 11.6 Å². The largest absolute Gasteiger partial charge is 0.506 e. The first-order valence-corrected chi connectivity index (χ1v) is 11.7. The number of phenols is 1. The van der Waals surface area contributed by atoms with Crippen molar-refractivity contribution in [3.63, 3.8) is 0 Å². The van der Waals surface area contributed by atoms with Gasteiger partial charge in [0, 0.05) is 35.7 Å². The van der Waals surface area contributed by atoms with E-state index in [-0.39, 0.29) is 17.9 Å². The van der Waals surface area contributed by atoms with Crippen molar-refractivity contribution < 1.29 is 27.4 Å². The molecule has 9 heteroatoms. The molecule has 0 spiro atoms. The molecule has 0 atom stereocenters. The molecule has 4 rings (SSSR count). The third-order valence-corrected chi connectivity index (χ3v) is 6.06. The van der Waals surface area contributed by atoms with Crippen molar-refractivity contribution in [3.05, 3.63) is 90.0 Å². The third-order valence-electron chi connectivity index (χ3n) is 4.93. The van der Waals surface area contributed by atoms with E-state index in [0.717, 1.165) is 28.7 Å². The summed E-state index contributed by atoms with van der Waals surface area (Å²) in [6.45, 7) is 0.281. The number of nitrogens with one attached hydrogen (secondary N) is 1. The number of rotatable bonds is 6. The number of aromatic nitrogens is 1. The number of hydrogen-bond acceptors (Lipinski definition) is 6. The molecule has 0 saturated carbocycles. The Balaban J connectivity index is 1.44. The minimum absolute atomic E-state index is 0.241. The van der Waals surface area contributed by atoms with Gasteiger partial charge in [-0.1, -0.05) is 12.1 Å². The molecule has 1 aromatic heterocycles. The SMILES string of the molecule is CS(=O)(=O)c1cc(NC(=O)c2ccc(COc3ccc4cnccc4c3)cc2)c(F)cc1O. The standard InChI is InChI=1S/C24H19FN2O5S/c1-33(30,31)23-12-21(20(25)11-22(23)28)27-24(29)16-4-2-15(3-5-16)14-32-19-7-6-18-13-26-9-8-17(18)10-19/h2-13,28H,14H2,1H3,(H,27,29). The molecule has 1 amide bonds. The summed E-state index contributed by atoms with van der Waals surface area (Å²) in [5.41, 5.74) is 0.707. The van der Waals surface area contributed by atoms with Crippen LogP contribution < -0.4 is 10.1 Å². The molecular weight excluding hydrogens is 447 g/mol. The van der Waals surface area contributed by atoms with Crippen LogP contribution >= 0.6 is 0 Å². The number of anilines is 1. The summed E-state index contributed by atoms with van der Waals surface area (Å²) in [7, 11) is -3.81. The van der Waals surface area contributed by atoms with Gasteiger partial charge in [-0.25, -0.2) is 12.8 Å². The summed E-state index contributed by atoms with van der Waals surface area (Å²) in [5, 5.41) is 14.0. The van der Waals surface area contributed by atoms with Gasteiger partial charge in [-0.2, -0.15) is 0 Å². The highest BCUT2D eigenvalue weighted by molar-refractivity contribution is 7.90. The number of halogens is 1. The van der Waals surface area contributed by atoms with Gasteiger partial charge < -0.3 is 15.2 Å². The summed E-state index contributed by atoms with van der Waals surface area (Å²) in [5.74, 6) is -1.61. The van der Waals surface area contributed by atoms with Gasteiger partial charge in [0.15, 0.2) is 9.84 Å². The van der Waals surface area contributed by atoms with Crippen molar-refractivity contribution in [2.45, 2.75) is 11.5 Å². The van der Waals surface area contributed by atoms with Gasteiger partial charge in [0.05, 0.1) is 5.69 Å². The van der Waals surface area contributed by atoms with Gasteiger partial charge in [0.2, 0.25) is 0 Å². The highest BCUT2D eigenvalue weighted by Crippen LogP contribution is 2.29. The van der Waals surface area contributed by atoms with Crippen LogP contribution in [0.3, 0.4) is 0 Å². The van der Waals surface area contributed by atoms with E-state index >= 15 is 0 Å². The lowest BCUT2D eigenvalue weighted by Gasteiger charge is -2.11. The zero-order chi connectivity index (χ0) is 23.6. The molecule has 0 aliphatic carbocycles. The van der Waals surface area contributed by atoms with Crippen LogP contribution in [0.5, 0.6) is 11.5 Å². The quantitative estimate of drug-likeness (QED) is 0.324. The first kappa shape index (κ1) is 22.2. The Morgan fingerprint density at radius 2 is 1.82 bits per heavy atom. The average molecular weight is 466 g/mol. The summed E-state index contributed by atoms with van der Waals surface area (Å²) in [6, 6.07) is 15.6. The van der Waals surface area contributed by atoms with Crippen LogP contribution in [0.1, 0.15) is 15.9 Å². The summed E-state index contributed by atoms with van der Waals surface area (Å²) < 4.78 is 43.4. The summed E-state index contributed by atoms with van der Waals surface area (Å²) in [6.07, 6.45) is 4.36. The second-order valence-corrected chi connectivity index (χ2v) is 9.38. The predicted molar refractivity (Wildman–Crippen MR) is 122 cm³/mol. The molecule has 0 fully saturated rings. The van der Waals surface area contributed by atoms with E-state index in [1.54, 1.807) is 36.7 Å². The second kappa shape index (κ2) is 8.87. The third kappa shape index (κ3) is 5.09. The molecule has 168 valence electrons. The number of pyridine rings is 1. The first-order valence-electron chi connectivity index (χ1n) is 9.80. The van der Waals surface area contributed by atoms with E-state index in [2.05, 4.69) is 10.3 Å². The molecule has 7 nitrogen and oxygen atoms in total. The molecule has 3 aromatic carbocycles. The first-order chi connectivity index (χ1) is 15.7. The molecule has 0 radical (unpaired) electrons. The highest BCUT2D eigenvalue weighted by atomic mass is 32.2. The molecule has 0 unspecified atom stereocenters. The number of carbonyl (C=O) groups is 1. The van der Waals surface area contributed by atoms with Crippen LogP contribution in [-0.4, -0.2) is 30.7 Å². The molecule has 1 heterocycles. The van der Waals surface area contributed by atoms with Crippen molar-refractivity contribution in [3.8, 4) is 11.5 Å². The Bertz CT molecular complexity index is 1450. The number of sulfone groups is 1. The number of nitrogens with zero attached hydrogens (tertiary/aromatic N) is 1. The number of hydrogen-bond donors (Lipinski definition) is 2. The fraction of sp³-hybridized carbons (Fsp3) is 0.0833. The molecule has 0 bridgehead atoms. The van der Waals surface area contributed by atoms with E-state index in [0.29, 0.717) is 11.8 Å². The lowest BCUT2D eigenvalue weighted by molar-refractivity contribution is 0.102. The predicted octanol–water partition coefficient (Wildman–Crippen LogP) is 4.31. The lowest BCUT2D eigenvalue weighted by Crippen LogP contribution is -2.14. The van der Waals surface area contributed by atoms with Crippen LogP contribution in [0.15, 0.2) is 78.0 Å². The smallest absolute Gasteiger partial charge is 0.255 e. The molecule has 4 aromatic rings. The molecule has 0 aliphatic heterocycles. The summed E-state index contributed by atoms with van der Waals surface area (Å²) >= 11 is 0. The van der Waals surface area contributed by atoms with E-state index < -0.39 is 32.2 Å². The zero-order valence-electron chi connectivity index (χ0n) is 17.4. The Kier molecular flexibility index (Phi) is 5.97. The van der Waals surface area contributed by atoms with Crippen LogP contribution in [0, 0.1) is 5.82 Å². The highest BCUT2D eigenvalue weighted by Gasteiger charge is 2.19. The number of phenolic OH excluding ortho intramolecular Hbond substituents is 1. The van der Waals surface area contributed by atoms with Crippen molar-refractivity contribution in [1.82, 2.24) is 4.98 Å². The molecular formula is C24H19FN2O5S. The minimum atomic E-state index is -3.81. The second-order valence-electron chi connectivity index (χ2n) is 7.40. The Morgan fingerprint density at radius 1 is 1.06 bits per heavy atom. The average Bonchev–Trinajstić information content (AvgIpc) is 2.78. The molecule has 2 N–H and O–H groups in total. The Hall–Kier alpha value is -3.98. The van der Waals surface area contributed by atoms with Crippen molar-refractivity contribution in [2.24, 2.45) is 0 Å². The monoisotopic (exact) mass is 466 g/mol. The van der Waals surface area contributed by atoms with Crippen LogP contribution in [0.4, 0.5) is 10.1 Å². The number of aromatic hydroxyl groups is 1. The molecule has 0 aliphatic rings. The van der Waals surface area contributed by atoms with Gasteiger partial charge in [0.25, 0.3) is 5.91 Å². The Labute approximate surface area is 189 Å². The van der Waals surface area contributed by atoms with E-state index in [4.69, 9.17) is 4.74 Å². The molecule has 33 heavy (non-hydrogen) atoms. The van der Waals surface area contributed by atoms with Gasteiger partial charge in [-0.15, -0.1) is 0 Å².